The fraction of sp³-hybridized carbons (Fsp3) is 0.933. The van der Waals surface area contributed by atoms with E-state index < -0.39 is 0 Å². The molecule has 108 valence electrons. The predicted octanol–water partition coefficient (Wildman–Crippen LogP) is 3.05. The lowest BCUT2D eigenvalue weighted by Crippen LogP contribution is -2.42. The number of hydrogen-bond acceptors (Lipinski definition) is 4. The van der Waals surface area contributed by atoms with Crippen molar-refractivity contribution in [3.8, 4) is 0 Å². The predicted molar refractivity (Wildman–Crippen MR) is 81.8 cm³/mol. The van der Waals surface area contributed by atoms with Crippen LogP contribution in [-0.4, -0.2) is 36.7 Å². The summed E-state index contributed by atoms with van der Waals surface area (Å²) in [4.78, 5) is 4.85. The highest BCUT2D eigenvalue weighted by Gasteiger charge is 2.35. The smallest absolute Gasteiger partial charge is 0.156 e. The monoisotopic (exact) mass is 282 g/mol. The maximum atomic E-state index is 5.47. The fourth-order valence-corrected chi connectivity index (χ4v) is 4.75. The Hall–Kier alpha value is -0.220. The normalized spacial score (nSPS) is 32.1. The molecule has 3 aliphatic rings. The Balaban J connectivity index is 1.52. The van der Waals surface area contributed by atoms with E-state index in [-0.39, 0.29) is 0 Å². The molecule has 0 aromatic heterocycles. The van der Waals surface area contributed by atoms with Crippen molar-refractivity contribution >= 4 is 16.9 Å². The molecule has 3 nitrogen and oxygen atoms in total. The summed E-state index contributed by atoms with van der Waals surface area (Å²) in [5.41, 5.74) is 0.536. The zero-order valence-electron chi connectivity index (χ0n) is 12.0. The number of aliphatic imine (C=N–C) groups is 1. The van der Waals surface area contributed by atoms with Crippen molar-refractivity contribution in [2.45, 2.75) is 51.5 Å². The van der Waals surface area contributed by atoms with Gasteiger partial charge in [-0.1, -0.05) is 31.0 Å². The van der Waals surface area contributed by atoms with E-state index in [2.05, 4.69) is 12.2 Å². The third-order valence-electron chi connectivity index (χ3n) is 5.01. The standard InChI is InChI=1S/C15H26N2OS/c1-12(13-5-8-18-9-13)17-14-16-10-15(11-19-14)6-3-2-4-7-15/h12-13H,2-11H2,1H3,(H,16,17). The lowest BCUT2D eigenvalue weighted by atomic mass is 9.75. The quantitative estimate of drug-likeness (QED) is 0.845. The first kappa shape index (κ1) is 13.7. The second-order valence-corrected chi connectivity index (χ2v) is 7.49. The average Bonchev–Trinajstić information content (AvgIpc) is 2.97. The molecule has 2 unspecified atom stereocenters. The molecule has 2 fully saturated rings. The van der Waals surface area contributed by atoms with Gasteiger partial charge in [-0.2, -0.15) is 0 Å². The maximum absolute atomic E-state index is 5.47. The highest BCUT2D eigenvalue weighted by molar-refractivity contribution is 8.13. The molecular formula is C15H26N2OS. The van der Waals surface area contributed by atoms with Gasteiger partial charge in [0.05, 0.1) is 6.61 Å². The van der Waals surface area contributed by atoms with E-state index in [9.17, 15) is 0 Å². The Morgan fingerprint density at radius 3 is 2.84 bits per heavy atom. The van der Waals surface area contributed by atoms with Gasteiger partial charge in [-0.25, -0.2) is 0 Å². The molecule has 3 rings (SSSR count). The summed E-state index contributed by atoms with van der Waals surface area (Å²) in [6.45, 7) is 5.17. The molecule has 1 N–H and O–H groups in total. The number of nitrogens with one attached hydrogen (secondary N) is 1. The van der Waals surface area contributed by atoms with E-state index in [1.165, 1.54) is 49.4 Å². The van der Waals surface area contributed by atoms with Gasteiger partial charge < -0.3 is 10.1 Å². The fourth-order valence-electron chi connectivity index (χ4n) is 3.50. The van der Waals surface area contributed by atoms with Crippen LogP contribution in [0.15, 0.2) is 4.99 Å². The molecule has 2 atom stereocenters. The number of thioether (sulfide) groups is 1. The molecule has 19 heavy (non-hydrogen) atoms. The molecule has 1 aliphatic carbocycles. The van der Waals surface area contributed by atoms with Gasteiger partial charge >= 0.3 is 0 Å². The van der Waals surface area contributed by atoms with E-state index in [1.807, 2.05) is 11.8 Å². The minimum atomic E-state index is 0.495. The topological polar surface area (TPSA) is 33.6 Å². The van der Waals surface area contributed by atoms with Crippen LogP contribution in [0.4, 0.5) is 0 Å². The van der Waals surface area contributed by atoms with E-state index in [1.54, 1.807) is 0 Å². The zero-order chi connectivity index (χ0) is 13.1. The van der Waals surface area contributed by atoms with Crippen molar-refractivity contribution < 1.29 is 4.74 Å². The van der Waals surface area contributed by atoms with Crippen LogP contribution in [0.2, 0.25) is 0 Å². The third kappa shape index (κ3) is 3.27. The summed E-state index contributed by atoms with van der Waals surface area (Å²) in [5, 5.41) is 4.79. The van der Waals surface area contributed by atoms with Crippen LogP contribution in [0.25, 0.3) is 0 Å². The van der Waals surface area contributed by atoms with Crippen LogP contribution in [0.3, 0.4) is 0 Å². The molecule has 0 aromatic rings. The molecule has 2 heterocycles. The van der Waals surface area contributed by atoms with Gasteiger partial charge in [0, 0.05) is 30.9 Å². The van der Waals surface area contributed by atoms with Crippen LogP contribution in [0.5, 0.6) is 0 Å². The first-order valence-electron chi connectivity index (χ1n) is 7.79. The summed E-state index contributed by atoms with van der Waals surface area (Å²) in [7, 11) is 0. The molecule has 1 saturated heterocycles. The van der Waals surface area contributed by atoms with Crippen LogP contribution in [0.1, 0.15) is 45.4 Å². The van der Waals surface area contributed by atoms with Crippen molar-refractivity contribution in [1.29, 1.82) is 0 Å². The Labute approximate surface area is 121 Å². The number of ether oxygens (including phenoxy) is 1. The Bertz CT molecular complexity index is 333. The largest absolute Gasteiger partial charge is 0.381 e. The molecule has 0 aromatic carbocycles. The van der Waals surface area contributed by atoms with Gasteiger partial charge in [0.25, 0.3) is 0 Å². The van der Waals surface area contributed by atoms with E-state index in [0.29, 0.717) is 17.4 Å². The molecule has 4 heteroatoms. The molecule has 0 amide bonds. The van der Waals surface area contributed by atoms with Gasteiger partial charge in [-0.15, -0.1) is 0 Å². The third-order valence-corrected chi connectivity index (χ3v) is 6.29. The minimum absolute atomic E-state index is 0.495. The summed E-state index contributed by atoms with van der Waals surface area (Å²) in [6.07, 6.45) is 8.23. The van der Waals surface area contributed by atoms with Crippen LogP contribution in [-0.2, 0) is 4.74 Å². The number of hydrogen-bond donors (Lipinski definition) is 1. The first-order valence-corrected chi connectivity index (χ1v) is 8.78. The van der Waals surface area contributed by atoms with Crippen LogP contribution in [0, 0.1) is 11.3 Å². The average molecular weight is 282 g/mol. The van der Waals surface area contributed by atoms with Gasteiger partial charge in [0.1, 0.15) is 0 Å². The van der Waals surface area contributed by atoms with Crippen molar-refractivity contribution in [1.82, 2.24) is 5.32 Å². The van der Waals surface area contributed by atoms with Crippen molar-refractivity contribution in [2.24, 2.45) is 16.3 Å². The van der Waals surface area contributed by atoms with Crippen LogP contribution >= 0.6 is 11.8 Å². The van der Waals surface area contributed by atoms with Gasteiger partial charge in [-0.3, -0.25) is 4.99 Å². The zero-order valence-corrected chi connectivity index (χ0v) is 12.8. The SMILES string of the molecule is CC(NC1=NCC2(CCCCC2)CS1)C1CCOC1. The number of amidine groups is 1. The molecule has 1 spiro atoms. The molecule has 1 saturated carbocycles. The van der Waals surface area contributed by atoms with Crippen molar-refractivity contribution in [2.75, 3.05) is 25.5 Å². The minimum Gasteiger partial charge on any atom is -0.381 e. The molecule has 0 radical (unpaired) electrons. The maximum Gasteiger partial charge on any atom is 0.156 e. The Morgan fingerprint density at radius 1 is 1.37 bits per heavy atom. The summed E-state index contributed by atoms with van der Waals surface area (Å²) < 4.78 is 5.47. The summed E-state index contributed by atoms with van der Waals surface area (Å²) in [5.74, 6) is 1.93. The van der Waals surface area contributed by atoms with Gasteiger partial charge in [0.2, 0.25) is 0 Å². The number of nitrogens with zero attached hydrogens (tertiary/aromatic N) is 1. The lowest BCUT2D eigenvalue weighted by molar-refractivity contribution is 0.180. The first-order chi connectivity index (χ1) is 9.27. The Morgan fingerprint density at radius 2 is 2.21 bits per heavy atom. The lowest BCUT2D eigenvalue weighted by Gasteiger charge is -2.39. The molecule has 2 aliphatic heterocycles. The van der Waals surface area contributed by atoms with E-state index in [0.717, 1.165) is 19.8 Å². The van der Waals surface area contributed by atoms with Gasteiger partial charge in [-0.05, 0) is 31.6 Å². The molecular weight excluding hydrogens is 256 g/mol. The van der Waals surface area contributed by atoms with Crippen molar-refractivity contribution in [3.63, 3.8) is 0 Å². The van der Waals surface area contributed by atoms with E-state index in [4.69, 9.17) is 9.73 Å². The second-order valence-electron chi connectivity index (χ2n) is 6.53. The van der Waals surface area contributed by atoms with Crippen molar-refractivity contribution in [3.05, 3.63) is 0 Å². The highest BCUT2D eigenvalue weighted by Crippen LogP contribution is 2.41. The second kappa shape index (κ2) is 6.04. The van der Waals surface area contributed by atoms with Gasteiger partial charge in [0.15, 0.2) is 5.17 Å². The summed E-state index contributed by atoms with van der Waals surface area (Å²) in [6, 6.07) is 0.495. The number of rotatable bonds is 2. The van der Waals surface area contributed by atoms with E-state index >= 15 is 0 Å². The molecule has 0 bridgehead atoms. The Kier molecular flexibility index (Phi) is 4.37. The summed E-state index contributed by atoms with van der Waals surface area (Å²) >= 11 is 1.95. The van der Waals surface area contributed by atoms with Crippen LogP contribution < -0.4 is 5.32 Å². The highest BCUT2D eigenvalue weighted by atomic mass is 32.2.